The monoisotopic (exact) mass is 301 g/mol. The molecule has 0 fully saturated rings. The highest BCUT2D eigenvalue weighted by atomic mass is 35.5. The van der Waals surface area contributed by atoms with Crippen molar-refractivity contribution in [3.63, 3.8) is 0 Å². The third kappa shape index (κ3) is 3.39. The summed E-state index contributed by atoms with van der Waals surface area (Å²) in [5, 5.41) is 2.58. The number of alkyl halides is 3. The first-order valence-electron chi connectivity index (χ1n) is 5.87. The van der Waals surface area contributed by atoms with Gasteiger partial charge >= 0.3 is 6.18 Å². The fourth-order valence-electron chi connectivity index (χ4n) is 1.70. The van der Waals surface area contributed by atoms with E-state index in [1.807, 2.05) is 19.1 Å². The summed E-state index contributed by atoms with van der Waals surface area (Å²) in [5.41, 5.74) is 1.66. The maximum atomic E-state index is 12.6. The van der Waals surface area contributed by atoms with Crippen molar-refractivity contribution in [2.75, 3.05) is 5.32 Å². The topological polar surface area (TPSA) is 37.8 Å². The van der Waals surface area contributed by atoms with Crippen LogP contribution in [-0.2, 0) is 12.6 Å². The Morgan fingerprint density at radius 1 is 1.20 bits per heavy atom. The zero-order valence-corrected chi connectivity index (χ0v) is 11.3. The molecule has 0 spiro atoms. The molecule has 1 N–H and O–H groups in total. The standard InChI is InChI=1S/C13H11ClF3N3/c1-2-8-5-3-4-6-9(8)18-11-7-10(14)19-12(20-11)13(15,16)17/h3-7H,2H2,1H3,(H,18,19,20). The minimum absolute atomic E-state index is 0.0122. The second kappa shape index (κ2) is 5.66. The second-order valence-electron chi connectivity index (χ2n) is 4.03. The average molecular weight is 302 g/mol. The van der Waals surface area contributed by atoms with E-state index in [-0.39, 0.29) is 11.0 Å². The van der Waals surface area contributed by atoms with E-state index in [2.05, 4.69) is 15.3 Å². The highest BCUT2D eigenvalue weighted by Gasteiger charge is 2.35. The molecule has 2 aromatic rings. The summed E-state index contributed by atoms with van der Waals surface area (Å²) in [6.07, 6.45) is -3.89. The maximum absolute atomic E-state index is 12.6. The molecule has 0 aliphatic carbocycles. The molecule has 7 heteroatoms. The number of hydrogen-bond donors (Lipinski definition) is 1. The molecular formula is C13H11ClF3N3. The van der Waals surface area contributed by atoms with Crippen LogP contribution in [0.15, 0.2) is 30.3 Å². The Labute approximate surface area is 118 Å². The third-order valence-corrected chi connectivity index (χ3v) is 2.80. The number of nitrogens with one attached hydrogen (secondary N) is 1. The van der Waals surface area contributed by atoms with Crippen molar-refractivity contribution in [3.05, 3.63) is 46.9 Å². The van der Waals surface area contributed by atoms with Crippen molar-refractivity contribution in [2.45, 2.75) is 19.5 Å². The van der Waals surface area contributed by atoms with Crippen molar-refractivity contribution in [3.8, 4) is 0 Å². The van der Waals surface area contributed by atoms with Gasteiger partial charge < -0.3 is 5.32 Å². The van der Waals surface area contributed by atoms with E-state index in [1.54, 1.807) is 12.1 Å². The van der Waals surface area contributed by atoms with Crippen LogP contribution in [0.1, 0.15) is 18.3 Å². The normalized spacial score (nSPS) is 11.4. The number of rotatable bonds is 3. The molecule has 20 heavy (non-hydrogen) atoms. The van der Waals surface area contributed by atoms with E-state index in [4.69, 9.17) is 11.6 Å². The van der Waals surface area contributed by atoms with Gasteiger partial charge in [-0.25, -0.2) is 9.97 Å². The number of aromatic nitrogens is 2. The SMILES string of the molecule is CCc1ccccc1Nc1cc(Cl)nc(C(F)(F)F)n1. The Bertz CT molecular complexity index is 614. The number of anilines is 2. The summed E-state index contributed by atoms with van der Waals surface area (Å²) in [7, 11) is 0. The van der Waals surface area contributed by atoms with Gasteiger partial charge in [-0.15, -0.1) is 0 Å². The highest BCUT2D eigenvalue weighted by molar-refractivity contribution is 6.29. The van der Waals surface area contributed by atoms with Gasteiger partial charge in [0.25, 0.3) is 0 Å². The Hall–Kier alpha value is -1.82. The van der Waals surface area contributed by atoms with Crippen LogP contribution in [0.4, 0.5) is 24.7 Å². The number of benzene rings is 1. The first kappa shape index (κ1) is 14.6. The molecule has 0 bridgehead atoms. The first-order valence-corrected chi connectivity index (χ1v) is 6.24. The molecule has 1 aromatic heterocycles. The molecule has 0 radical (unpaired) electrons. The Morgan fingerprint density at radius 3 is 2.55 bits per heavy atom. The lowest BCUT2D eigenvalue weighted by molar-refractivity contribution is -0.144. The molecule has 0 atom stereocenters. The lowest BCUT2D eigenvalue weighted by atomic mass is 10.1. The molecule has 0 unspecified atom stereocenters. The summed E-state index contributed by atoms with van der Waals surface area (Å²) >= 11 is 5.60. The van der Waals surface area contributed by atoms with E-state index >= 15 is 0 Å². The number of para-hydroxylation sites is 1. The number of hydrogen-bond acceptors (Lipinski definition) is 3. The number of halogens is 4. The van der Waals surface area contributed by atoms with Crippen molar-refractivity contribution in [1.29, 1.82) is 0 Å². The Morgan fingerprint density at radius 2 is 1.90 bits per heavy atom. The Balaban J connectivity index is 2.36. The van der Waals surface area contributed by atoms with Crippen LogP contribution in [0, 0.1) is 0 Å². The minimum Gasteiger partial charge on any atom is -0.340 e. The summed E-state index contributed by atoms with van der Waals surface area (Å²) in [6, 6.07) is 8.55. The predicted molar refractivity (Wildman–Crippen MR) is 71.1 cm³/mol. The van der Waals surface area contributed by atoms with E-state index in [0.717, 1.165) is 12.0 Å². The summed E-state index contributed by atoms with van der Waals surface area (Å²) in [6.45, 7) is 1.95. The van der Waals surface area contributed by atoms with Gasteiger partial charge in [0, 0.05) is 11.8 Å². The van der Waals surface area contributed by atoms with Gasteiger partial charge in [-0.1, -0.05) is 36.7 Å². The van der Waals surface area contributed by atoms with E-state index < -0.39 is 12.0 Å². The molecule has 0 aliphatic heterocycles. The molecule has 1 heterocycles. The highest BCUT2D eigenvalue weighted by Crippen LogP contribution is 2.29. The van der Waals surface area contributed by atoms with Gasteiger partial charge in [-0.3, -0.25) is 0 Å². The fraction of sp³-hybridized carbons (Fsp3) is 0.231. The summed E-state index contributed by atoms with van der Waals surface area (Å²) < 4.78 is 37.9. The van der Waals surface area contributed by atoms with Crippen LogP contribution in [0.2, 0.25) is 5.15 Å². The molecule has 0 amide bonds. The molecule has 0 aliphatic rings. The van der Waals surface area contributed by atoms with Crippen molar-refractivity contribution >= 4 is 23.1 Å². The molecule has 0 saturated heterocycles. The van der Waals surface area contributed by atoms with Crippen LogP contribution < -0.4 is 5.32 Å². The van der Waals surface area contributed by atoms with Crippen LogP contribution in [0.25, 0.3) is 0 Å². The minimum atomic E-state index is -4.63. The first-order chi connectivity index (χ1) is 9.40. The van der Waals surface area contributed by atoms with Crippen LogP contribution >= 0.6 is 11.6 Å². The molecule has 1 aromatic carbocycles. The van der Waals surface area contributed by atoms with Crippen molar-refractivity contribution < 1.29 is 13.2 Å². The summed E-state index contributed by atoms with van der Waals surface area (Å²) in [4.78, 5) is 6.62. The van der Waals surface area contributed by atoms with Crippen LogP contribution in [0.3, 0.4) is 0 Å². The van der Waals surface area contributed by atoms with E-state index in [1.165, 1.54) is 6.07 Å². The van der Waals surface area contributed by atoms with Gasteiger partial charge in [-0.05, 0) is 18.1 Å². The van der Waals surface area contributed by atoms with Gasteiger partial charge in [-0.2, -0.15) is 13.2 Å². The zero-order valence-electron chi connectivity index (χ0n) is 10.5. The van der Waals surface area contributed by atoms with E-state index in [0.29, 0.717) is 5.69 Å². The fourth-order valence-corrected chi connectivity index (χ4v) is 1.88. The van der Waals surface area contributed by atoms with Gasteiger partial charge in [0.2, 0.25) is 5.82 Å². The average Bonchev–Trinajstić information content (AvgIpc) is 2.37. The Kier molecular flexibility index (Phi) is 4.13. The molecule has 0 saturated carbocycles. The second-order valence-corrected chi connectivity index (χ2v) is 4.42. The molecule has 106 valence electrons. The lowest BCUT2D eigenvalue weighted by Crippen LogP contribution is -2.12. The zero-order chi connectivity index (χ0) is 14.8. The van der Waals surface area contributed by atoms with E-state index in [9.17, 15) is 13.2 Å². The number of aryl methyl sites for hydroxylation is 1. The van der Waals surface area contributed by atoms with Crippen LogP contribution in [-0.4, -0.2) is 9.97 Å². The van der Waals surface area contributed by atoms with Gasteiger partial charge in [0.05, 0.1) is 0 Å². The van der Waals surface area contributed by atoms with Crippen molar-refractivity contribution in [1.82, 2.24) is 9.97 Å². The lowest BCUT2D eigenvalue weighted by Gasteiger charge is -2.12. The smallest absolute Gasteiger partial charge is 0.340 e. The predicted octanol–water partition coefficient (Wildman–Crippen LogP) is 4.45. The summed E-state index contributed by atoms with van der Waals surface area (Å²) in [5.74, 6) is -1.25. The molecule has 3 nitrogen and oxygen atoms in total. The molecule has 2 rings (SSSR count). The van der Waals surface area contributed by atoms with Crippen molar-refractivity contribution in [2.24, 2.45) is 0 Å². The largest absolute Gasteiger partial charge is 0.451 e. The molecular weight excluding hydrogens is 291 g/mol. The van der Waals surface area contributed by atoms with Gasteiger partial charge in [0.1, 0.15) is 11.0 Å². The van der Waals surface area contributed by atoms with Gasteiger partial charge in [0.15, 0.2) is 0 Å². The number of nitrogens with zero attached hydrogens (tertiary/aromatic N) is 2. The quantitative estimate of drug-likeness (QED) is 0.851. The third-order valence-electron chi connectivity index (χ3n) is 2.61. The maximum Gasteiger partial charge on any atom is 0.451 e. The van der Waals surface area contributed by atoms with Crippen LogP contribution in [0.5, 0.6) is 0 Å².